The molecule has 0 aliphatic carbocycles. The van der Waals surface area contributed by atoms with E-state index in [-0.39, 0.29) is 11.3 Å². The molecule has 1 atom stereocenters. The summed E-state index contributed by atoms with van der Waals surface area (Å²) in [7, 11) is 0. The number of carbonyl (C=O) groups is 1. The second kappa shape index (κ2) is 4.83. The van der Waals surface area contributed by atoms with Crippen LogP contribution in [0.2, 0.25) is 0 Å². The van der Waals surface area contributed by atoms with Crippen LogP contribution in [0.25, 0.3) is 10.9 Å². The van der Waals surface area contributed by atoms with E-state index in [0.717, 1.165) is 54.8 Å². The second-order valence-corrected chi connectivity index (χ2v) is 6.37. The van der Waals surface area contributed by atoms with Crippen molar-refractivity contribution < 1.29 is 4.79 Å². The molecule has 1 amide bonds. The van der Waals surface area contributed by atoms with Crippen LogP contribution in [0.5, 0.6) is 0 Å². The van der Waals surface area contributed by atoms with E-state index in [1.807, 2.05) is 18.2 Å². The first-order chi connectivity index (χ1) is 10.7. The molecule has 3 heterocycles. The Bertz CT molecular complexity index is 770. The van der Waals surface area contributed by atoms with Crippen LogP contribution in [0, 0.1) is 5.41 Å². The van der Waals surface area contributed by atoms with Gasteiger partial charge < -0.3 is 10.2 Å². The van der Waals surface area contributed by atoms with Gasteiger partial charge in [-0.05, 0) is 37.5 Å². The summed E-state index contributed by atoms with van der Waals surface area (Å²) in [5.74, 6) is 1.10. The van der Waals surface area contributed by atoms with Gasteiger partial charge in [0.05, 0.1) is 10.9 Å². The number of piperidine rings is 1. The molecule has 1 N–H and O–H groups in total. The molecule has 4 nitrogen and oxygen atoms in total. The minimum Gasteiger partial charge on any atom is -0.355 e. The molecule has 2 aromatic rings. The molecular formula is C18H19N3O. The van der Waals surface area contributed by atoms with Crippen molar-refractivity contribution in [3.8, 4) is 0 Å². The Kier molecular flexibility index (Phi) is 2.93. The van der Waals surface area contributed by atoms with Crippen LogP contribution in [0.3, 0.4) is 0 Å². The van der Waals surface area contributed by atoms with Crippen LogP contribution >= 0.6 is 0 Å². The second-order valence-electron chi connectivity index (χ2n) is 6.37. The zero-order valence-electron chi connectivity index (χ0n) is 12.5. The number of amides is 1. The van der Waals surface area contributed by atoms with Gasteiger partial charge in [-0.25, -0.2) is 4.98 Å². The lowest BCUT2D eigenvalue weighted by Crippen LogP contribution is -2.46. The van der Waals surface area contributed by atoms with Crippen molar-refractivity contribution >= 4 is 22.6 Å². The van der Waals surface area contributed by atoms with Crippen molar-refractivity contribution in [2.45, 2.75) is 19.3 Å². The number of allylic oxidation sites excluding steroid dienone is 1. The van der Waals surface area contributed by atoms with Crippen molar-refractivity contribution in [3.63, 3.8) is 0 Å². The van der Waals surface area contributed by atoms with Gasteiger partial charge in [-0.15, -0.1) is 0 Å². The van der Waals surface area contributed by atoms with Crippen LogP contribution < -0.4 is 10.2 Å². The zero-order valence-corrected chi connectivity index (χ0v) is 12.5. The third-order valence-electron chi connectivity index (χ3n) is 4.94. The maximum absolute atomic E-state index is 12.4. The van der Waals surface area contributed by atoms with Gasteiger partial charge in [0.15, 0.2) is 0 Å². The topological polar surface area (TPSA) is 45.2 Å². The van der Waals surface area contributed by atoms with Crippen LogP contribution in [-0.4, -0.2) is 24.0 Å². The largest absolute Gasteiger partial charge is 0.355 e. The van der Waals surface area contributed by atoms with E-state index < -0.39 is 0 Å². The molecule has 2 aliphatic rings. The van der Waals surface area contributed by atoms with E-state index in [9.17, 15) is 4.79 Å². The van der Waals surface area contributed by atoms with Gasteiger partial charge >= 0.3 is 0 Å². The summed E-state index contributed by atoms with van der Waals surface area (Å²) in [6.45, 7) is 5.50. The van der Waals surface area contributed by atoms with Crippen LogP contribution in [-0.2, 0) is 4.79 Å². The number of fused-ring (bicyclic) bond motifs is 1. The number of nitrogens with zero attached hydrogens (tertiary/aromatic N) is 2. The average molecular weight is 293 g/mol. The summed E-state index contributed by atoms with van der Waals surface area (Å²) in [6.07, 6.45) is 2.66. The number of hydrogen-bond donors (Lipinski definition) is 1. The number of pyridine rings is 1. The molecule has 2 saturated heterocycles. The molecule has 1 aromatic carbocycles. The molecule has 4 heteroatoms. The minimum absolute atomic E-state index is 0.132. The number of aromatic nitrogens is 1. The predicted molar refractivity (Wildman–Crippen MR) is 87.5 cm³/mol. The Labute approximate surface area is 129 Å². The third kappa shape index (κ3) is 2.06. The Morgan fingerprint density at radius 2 is 2.05 bits per heavy atom. The van der Waals surface area contributed by atoms with Gasteiger partial charge in [0.2, 0.25) is 5.91 Å². The van der Waals surface area contributed by atoms with E-state index in [1.165, 1.54) is 0 Å². The summed E-state index contributed by atoms with van der Waals surface area (Å²) in [4.78, 5) is 19.4. The van der Waals surface area contributed by atoms with Crippen molar-refractivity contribution in [2.24, 2.45) is 5.41 Å². The summed E-state index contributed by atoms with van der Waals surface area (Å²) in [6, 6.07) is 12.3. The Morgan fingerprint density at radius 1 is 1.18 bits per heavy atom. The van der Waals surface area contributed by atoms with Gasteiger partial charge in [-0.3, -0.25) is 4.79 Å². The maximum atomic E-state index is 12.4. The third-order valence-corrected chi connectivity index (χ3v) is 4.94. The fourth-order valence-electron chi connectivity index (χ4n) is 3.55. The van der Waals surface area contributed by atoms with Crippen LogP contribution in [0.15, 0.2) is 48.7 Å². The molecule has 1 aromatic heterocycles. The summed E-state index contributed by atoms with van der Waals surface area (Å²) in [5.41, 5.74) is 1.58. The first-order valence-electron chi connectivity index (χ1n) is 7.76. The minimum atomic E-state index is -0.269. The quantitative estimate of drug-likeness (QED) is 0.879. The first kappa shape index (κ1) is 13.3. The number of benzene rings is 1. The highest BCUT2D eigenvalue weighted by molar-refractivity contribution is 5.87. The molecule has 1 spiro atoms. The fraction of sp³-hybridized carbons (Fsp3) is 0.333. The van der Waals surface area contributed by atoms with E-state index >= 15 is 0 Å². The molecule has 2 aliphatic heterocycles. The normalized spacial score (nSPS) is 25.0. The number of para-hydroxylation sites is 1. The van der Waals surface area contributed by atoms with Gasteiger partial charge in [0, 0.05) is 24.2 Å². The van der Waals surface area contributed by atoms with Crippen molar-refractivity contribution in [3.05, 3.63) is 48.7 Å². The SMILES string of the molecule is C=C1CCC2(CCN(c3ccc4ccccc4n3)C2)C(=O)N1. The van der Waals surface area contributed by atoms with Crippen LogP contribution in [0.1, 0.15) is 19.3 Å². The molecule has 22 heavy (non-hydrogen) atoms. The molecule has 1 unspecified atom stereocenters. The molecule has 112 valence electrons. The number of hydrogen-bond acceptors (Lipinski definition) is 3. The zero-order chi connectivity index (χ0) is 15.2. The molecule has 0 saturated carbocycles. The van der Waals surface area contributed by atoms with E-state index in [0.29, 0.717) is 0 Å². The summed E-state index contributed by atoms with van der Waals surface area (Å²) < 4.78 is 0. The number of nitrogens with one attached hydrogen (secondary N) is 1. The molecule has 2 fully saturated rings. The van der Waals surface area contributed by atoms with Gasteiger partial charge in [0.1, 0.15) is 5.82 Å². The lowest BCUT2D eigenvalue weighted by atomic mass is 9.78. The van der Waals surface area contributed by atoms with E-state index in [2.05, 4.69) is 35.0 Å². The van der Waals surface area contributed by atoms with Gasteiger partial charge in [-0.1, -0.05) is 24.8 Å². The standard InChI is InChI=1S/C18H19N3O/c1-13-8-9-18(17(22)19-13)10-11-21(12-18)16-7-6-14-4-2-3-5-15(14)20-16/h2-7H,1,8-12H2,(H,19,22). The number of rotatable bonds is 1. The van der Waals surface area contributed by atoms with Crippen molar-refractivity contribution in [1.82, 2.24) is 10.3 Å². The maximum Gasteiger partial charge on any atom is 0.232 e. The van der Waals surface area contributed by atoms with Crippen molar-refractivity contribution in [1.29, 1.82) is 0 Å². The Hall–Kier alpha value is -2.36. The predicted octanol–water partition coefficient (Wildman–Crippen LogP) is 2.86. The van der Waals surface area contributed by atoms with E-state index in [4.69, 9.17) is 4.98 Å². The summed E-state index contributed by atoms with van der Waals surface area (Å²) in [5, 5.41) is 4.08. The molecule has 4 rings (SSSR count). The number of anilines is 1. The monoisotopic (exact) mass is 293 g/mol. The Balaban J connectivity index is 1.61. The lowest BCUT2D eigenvalue weighted by Gasteiger charge is -2.33. The van der Waals surface area contributed by atoms with Crippen molar-refractivity contribution in [2.75, 3.05) is 18.0 Å². The fourth-order valence-corrected chi connectivity index (χ4v) is 3.55. The highest BCUT2D eigenvalue weighted by Gasteiger charge is 2.46. The number of carbonyl (C=O) groups excluding carboxylic acids is 1. The summed E-state index contributed by atoms with van der Waals surface area (Å²) >= 11 is 0. The van der Waals surface area contributed by atoms with Crippen LogP contribution in [0.4, 0.5) is 5.82 Å². The smallest absolute Gasteiger partial charge is 0.232 e. The molecular weight excluding hydrogens is 274 g/mol. The Morgan fingerprint density at radius 3 is 2.91 bits per heavy atom. The molecule has 0 bridgehead atoms. The highest BCUT2D eigenvalue weighted by atomic mass is 16.2. The van der Waals surface area contributed by atoms with Gasteiger partial charge in [0.25, 0.3) is 0 Å². The lowest BCUT2D eigenvalue weighted by molar-refractivity contribution is -0.131. The highest BCUT2D eigenvalue weighted by Crippen LogP contribution is 2.40. The average Bonchev–Trinajstić information content (AvgIpc) is 2.97. The van der Waals surface area contributed by atoms with E-state index in [1.54, 1.807) is 0 Å². The first-order valence-corrected chi connectivity index (χ1v) is 7.76. The van der Waals surface area contributed by atoms with Gasteiger partial charge in [-0.2, -0.15) is 0 Å². The molecule has 0 radical (unpaired) electrons.